The number of rotatable bonds is 7. The van der Waals surface area contributed by atoms with Crippen molar-refractivity contribution in [3.8, 4) is 39.6 Å². The first-order valence-corrected chi connectivity index (χ1v) is 24.5. The fourth-order valence-corrected chi connectivity index (χ4v) is 9.60. The van der Waals surface area contributed by atoms with Gasteiger partial charge in [-0.05, 0) is 134 Å². The van der Waals surface area contributed by atoms with Crippen LogP contribution in [0.15, 0.2) is 164 Å². The maximum absolute atomic E-state index is 8.65. The smallest absolute Gasteiger partial charge is 0.137 e. The lowest BCUT2D eigenvalue weighted by Crippen LogP contribution is -2.25. The molecule has 0 amide bonds. The molecule has 0 atom stereocenters. The fourth-order valence-electron chi connectivity index (χ4n) is 9.60. The van der Waals surface area contributed by atoms with Gasteiger partial charge in [-0.1, -0.05) is 168 Å². The second kappa shape index (κ2) is 17.1. The minimum Gasteiger partial charge on any atom is -0.457 e. The Labute approximate surface area is 423 Å². The average Bonchev–Trinajstić information content (AvgIpc) is 3.92. The first-order valence-electron chi connectivity index (χ1n) is 27.0. The van der Waals surface area contributed by atoms with Gasteiger partial charge in [0.05, 0.1) is 29.3 Å². The third-order valence-electron chi connectivity index (χ3n) is 13.9. The number of anilines is 4. The van der Waals surface area contributed by atoms with E-state index in [-0.39, 0.29) is 51.4 Å². The van der Waals surface area contributed by atoms with Crippen molar-refractivity contribution < 1.29 is 11.6 Å². The normalized spacial score (nSPS) is 14.4. The Morgan fingerprint density at radius 2 is 1.09 bits per heavy atom. The number of hydrogen-bond acceptors (Lipinski definition) is 4. The van der Waals surface area contributed by atoms with Gasteiger partial charge in [-0.2, -0.15) is 0 Å². The quantitative estimate of drug-likeness (QED) is 0.159. The van der Waals surface area contributed by atoms with Crippen LogP contribution in [0.5, 0.6) is 11.5 Å². The van der Waals surface area contributed by atoms with Crippen LogP contribution in [0, 0.1) is 6.92 Å². The number of aryl methyl sites for hydroxylation is 1. The molecule has 0 unspecified atom stereocenters. The fraction of sp³-hybridized carbons (Fsp3) is 0.277. The van der Waals surface area contributed by atoms with Gasteiger partial charge >= 0.3 is 0 Å². The predicted octanol–water partition coefficient (Wildman–Crippen LogP) is 18.1. The van der Waals surface area contributed by atoms with Gasteiger partial charge in [-0.15, -0.1) is 0 Å². The van der Waals surface area contributed by atoms with E-state index in [1.54, 1.807) is 6.20 Å². The summed E-state index contributed by atoms with van der Waals surface area (Å²) in [6.45, 7) is 30.0. The highest BCUT2D eigenvalue weighted by molar-refractivity contribution is 6.09. The Kier molecular flexibility index (Phi) is 9.95. The minimum absolute atomic E-state index is 0.0260. The molecule has 0 N–H and O–H groups in total. The van der Waals surface area contributed by atoms with Gasteiger partial charge in [0, 0.05) is 46.0 Å². The van der Waals surface area contributed by atoms with E-state index in [4.69, 9.17) is 16.6 Å². The van der Waals surface area contributed by atoms with E-state index >= 15 is 0 Å². The number of nitrogens with zero attached hydrogens (tertiary/aromatic N) is 4. The minimum atomic E-state index is -0.423. The molecule has 9 aromatic rings. The van der Waals surface area contributed by atoms with Crippen LogP contribution in [0.25, 0.3) is 49.9 Å². The summed E-state index contributed by atoms with van der Waals surface area (Å²) in [7, 11) is 0. The van der Waals surface area contributed by atoms with Crippen molar-refractivity contribution in [3.63, 3.8) is 0 Å². The van der Waals surface area contributed by atoms with Gasteiger partial charge in [-0.25, -0.2) is 4.98 Å². The molecule has 1 aliphatic rings. The predicted molar refractivity (Wildman–Crippen MR) is 298 cm³/mol. The molecule has 0 saturated carbocycles. The molecule has 0 aliphatic carbocycles. The van der Waals surface area contributed by atoms with E-state index in [1.807, 2.05) is 43.3 Å². The van der Waals surface area contributed by atoms with Crippen LogP contribution < -0.4 is 14.5 Å². The molecule has 0 fully saturated rings. The molecule has 7 aromatic carbocycles. The molecule has 3 heterocycles. The van der Waals surface area contributed by atoms with Gasteiger partial charge in [-0.3, -0.25) is 4.57 Å². The zero-order chi connectivity index (χ0) is 53.8. The first-order chi connectivity index (χ1) is 35.2. The Bertz CT molecular complexity index is 3660. The molecule has 0 bridgehead atoms. The van der Waals surface area contributed by atoms with E-state index < -0.39 is 6.04 Å². The van der Waals surface area contributed by atoms with E-state index in [0.717, 1.165) is 50.1 Å². The van der Waals surface area contributed by atoms with Crippen LogP contribution in [-0.2, 0) is 21.7 Å². The zero-order valence-electron chi connectivity index (χ0n) is 48.1. The Hall–Kier alpha value is -7.11. The lowest BCUT2D eigenvalue weighted by molar-refractivity contribution is 0.483. The van der Waals surface area contributed by atoms with Gasteiger partial charge < -0.3 is 14.5 Å². The van der Waals surface area contributed by atoms with Gasteiger partial charge in [0.15, 0.2) is 0 Å². The van der Waals surface area contributed by atoms with E-state index in [2.05, 4.69) is 188 Å². The second-order valence-electron chi connectivity index (χ2n) is 23.3. The molecule has 354 valence electrons. The zero-order valence-corrected chi connectivity index (χ0v) is 43.1. The SMILES string of the molecule is [2H]c1c([2H])c([2H])c(-c2cnc(-n3c4ccccc4c4ccc(Oc5cccc(N6CN(c7cc(C(C)(C)C)cc(C(C)(C)C)c7)c7ccc(-c8cc(C(C)(C)C)cc(C(C)(C)C)c8)cc76)c5)cc43)cc2C)c([2H])c1[2H]. The lowest BCUT2D eigenvalue weighted by Gasteiger charge is -2.29. The van der Waals surface area contributed by atoms with Crippen LogP contribution >= 0.6 is 0 Å². The maximum atomic E-state index is 8.65. The van der Waals surface area contributed by atoms with Gasteiger partial charge in [0.25, 0.3) is 0 Å². The first kappa shape index (κ1) is 40.7. The largest absolute Gasteiger partial charge is 0.457 e. The summed E-state index contributed by atoms with van der Waals surface area (Å²) in [5, 5.41) is 2.08. The van der Waals surface area contributed by atoms with Crippen molar-refractivity contribution in [3.05, 3.63) is 192 Å². The molecule has 2 aromatic heterocycles. The third-order valence-corrected chi connectivity index (χ3v) is 13.9. The molecule has 1 aliphatic heterocycles. The van der Waals surface area contributed by atoms with Crippen molar-refractivity contribution in [1.29, 1.82) is 0 Å². The summed E-state index contributed by atoms with van der Waals surface area (Å²) in [5.41, 5.74) is 15.1. The number of ether oxygens (including phenoxy) is 1. The molecule has 5 nitrogen and oxygen atoms in total. The van der Waals surface area contributed by atoms with Gasteiger partial charge in [0.1, 0.15) is 24.0 Å². The highest BCUT2D eigenvalue weighted by Gasteiger charge is 2.32. The van der Waals surface area contributed by atoms with E-state index in [1.165, 1.54) is 33.4 Å². The van der Waals surface area contributed by atoms with Crippen LogP contribution in [0.4, 0.5) is 22.7 Å². The summed E-state index contributed by atoms with van der Waals surface area (Å²) in [5.74, 6) is 1.98. The monoisotopic (exact) mass is 926 g/mol. The molecule has 70 heavy (non-hydrogen) atoms. The highest BCUT2D eigenvalue weighted by atomic mass is 16.5. The Morgan fingerprint density at radius 1 is 0.486 bits per heavy atom. The standard InChI is InChI=1S/C65H68N4O/c1-42-30-61(66-40-56(42)43-20-15-14-16-21-43)69-57-25-18-17-24-54(57)55-28-27-53(39-59(55)69)70-52-23-19-22-50(38-52)67-41-68(51-36-48(64(8,9)10)35-49(37-51)65(11,12)13)58-29-26-44(33-60(58)67)45-31-46(62(2,3)4)34-47(32-45)63(5,6)7/h14-40H,41H2,1-13H3/i14D,15D,16D,20D,21D. The summed E-state index contributed by atoms with van der Waals surface area (Å²) in [4.78, 5) is 9.77. The van der Waals surface area contributed by atoms with Gasteiger partial charge in [0.2, 0.25) is 0 Å². The topological polar surface area (TPSA) is 33.5 Å². The van der Waals surface area contributed by atoms with Crippen molar-refractivity contribution in [2.75, 3.05) is 16.5 Å². The van der Waals surface area contributed by atoms with E-state index in [0.29, 0.717) is 29.5 Å². The molecular formula is C65H68N4O. The van der Waals surface area contributed by atoms with Crippen molar-refractivity contribution in [2.45, 2.75) is 112 Å². The van der Waals surface area contributed by atoms with Crippen molar-refractivity contribution >= 4 is 44.6 Å². The maximum Gasteiger partial charge on any atom is 0.137 e. The summed E-state index contributed by atoms with van der Waals surface area (Å²) in [6.07, 6.45) is 1.61. The van der Waals surface area contributed by atoms with Crippen molar-refractivity contribution in [1.82, 2.24) is 9.55 Å². The molecule has 0 spiro atoms. The highest BCUT2D eigenvalue weighted by Crippen LogP contribution is 2.49. The molecule has 10 rings (SSSR count). The second-order valence-corrected chi connectivity index (χ2v) is 23.3. The molecule has 0 radical (unpaired) electrons. The Morgan fingerprint density at radius 3 is 1.73 bits per heavy atom. The van der Waals surface area contributed by atoms with Crippen LogP contribution in [0.2, 0.25) is 0 Å². The number of hydrogen-bond donors (Lipinski definition) is 0. The average molecular weight is 926 g/mol. The lowest BCUT2D eigenvalue weighted by atomic mass is 9.79. The van der Waals surface area contributed by atoms with Crippen LogP contribution in [0.1, 0.15) is 118 Å². The third kappa shape index (κ3) is 8.87. The number of para-hydroxylation sites is 1. The summed E-state index contributed by atoms with van der Waals surface area (Å²) in [6, 6.07) is 44.2. The number of aromatic nitrogens is 2. The molecule has 0 saturated heterocycles. The van der Waals surface area contributed by atoms with Crippen LogP contribution in [0.3, 0.4) is 0 Å². The Balaban J connectivity index is 1.06. The van der Waals surface area contributed by atoms with Crippen LogP contribution in [-0.4, -0.2) is 16.2 Å². The molecule has 5 heteroatoms. The number of pyridine rings is 1. The summed E-state index contributed by atoms with van der Waals surface area (Å²) < 4.78 is 51.0. The number of benzene rings is 7. The molecular weight excluding hydrogens is 853 g/mol. The number of fused-ring (bicyclic) bond motifs is 4. The summed E-state index contributed by atoms with van der Waals surface area (Å²) >= 11 is 0. The van der Waals surface area contributed by atoms with Crippen molar-refractivity contribution in [2.24, 2.45) is 0 Å². The van der Waals surface area contributed by atoms with E-state index in [9.17, 15) is 0 Å².